The highest BCUT2D eigenvalue weighted by Gasteiger charge is 2.22. The van der Waals surface area contributed by atoms with Crippen molar-refractivity contribution in [1.29, 1.82) is 0 Å². The van der Waals surface area contributed by atoms with Gasteiger partial charge in [-0.3, -0.25) is 0 Å². The summed E-state index contributed by atoms with van der Waals surface area (Å²) in [7, 11) is 1.72. The minimum atomic E-state index is -0.173. The molecular formula is C15H23FN2O. The highest BCUT2D eigenvalue weighted by atomic mass is 19.1. The van der Waals surface area contributed by atoms with Gasteiger partial charge in [0.1, 0.15) is 5.82 Å². The zero-order valence-electron chi connectivity index (χ0n) is 11.7. The number of halogens is 1. The SMILES string of the molecule is COCC1CCCN(c2ccc([C@H](C)N)cc2F)C1. The van der Waals surface area contributed by atoms with Crippen LogP contribution in [0.4, 0.5) is 10.1 Å². The normalized spacial score (nSPS) is 21.5. The molecule has 1 unspecified atom stereocenters. The molecule has 19 heavy (non-hydrogen) atoms. The van der Waals surface area contributed by atoms with Crippen LogP contribution in [0.3, 0.4) is 0 Å². The Hall–Kier alpha value is -1.13. The summed E-state index contributed by atoms with van der Waals surface area (Å²) in [5.41, 5.74) is 7.30. The Kier molecular flexibility index (Phi) is 4.77. The van der Waals surface area contributed by atoms with Gasteiger partial charge in [0.2, 0.25) is 0 Å². The molecule has 1 aromatic rings. The zero-order chi connectivity index (χ0) is 13.8. The van der Waals surface area contributed by atoms with Crippen LogP contribution in [0.15, 0.2) is 18.2 Å². The van der Waals surface area contributed by atoms with E-state index in [1.807, 2.05) is 19.1 Å². The lowest BCUT2D eigenvalue weighted by atomic mass is 9.98. The molecule has 0 radical (unpaired) electrons. The first kappa shape index (κ1) is 14.3. The van der Waals surface area contributed by atoms with E-state index in [9.17, 15) is 4.39 Å². The van der Waals surface area contributed by atoms with E-state index < -0.39 is 0 Å². The molecule has 1 fully saturated rings. The largest absolute Gasteiger partial charge is 0.384 e. The van der Waals surface area contributed by atoms with Crippen LogP contribution in [-0.2, 0) is 4.74 Å². The van der Waals surface area contributed by atoms with Crippen molar-refractivity contribution in [3.05, 3.63) is 29.6 Å². The van der Waals surface area contributed by atoms with Gasteiger partial charge in [-0.2, -0.15) is 0 Å². The van der Waals surface area contributed by atoms with Gasteiger partial charge in [-0.05, 0) is 43.4 Å². The molecule has 106 valence electrons. The molecule has 1 heterocycles. The molecular weight excluding hydrogens is 243 g/mol. The Morgan fingerprint density at radius 2 is 2.32 bits per heavy atom. The average Bonchev–Trinajstić information content (AvgIpc) is 2.39. The number of piperidine rings is 1. The third-order valence-corrected chi connectivity index (χ3v) is 3.76. The van der Waals surface area contributed by atoms with E-state index in [-0.39, 0.29) is 11.9 Å². The second-order valence-corrected chi connectivity index (χ2v) is 5.41. The van der Waals surface area contributed by atoms with E-state index >= 15 is 0 Å². The van der Waals surface area contributed by atoms with Gasteiger partial charge in [0.15, 0.2) is 0 Å². The van der Waals surface area contributed by atoms with E-state index in [2.05, 4.69) is 4.90 Å². The van der Waals surface area contributed by atoms with Gasteiger partial charge in [-0.25, -0.2) is 4.39 Å². The smallest absolute Gasteiger partial charge is 0.146 e. The minimum Gasteiger partial charge on any atom is -0.384 e. The van der Waals surface area contributed by atoms with Crippen LogP contribution in [0.1, 0.15) is 31.4 Å². The van der Waals surface area contributed by atoms with Crippen molar-refractivity contribution in [2.45, 2.75) is 25.8 Å². The van der Waals surface area contributed by atoms with Crippen molar-refractivity contribution >= 4 is 5.69 Å². The van der Waals surface area contributed by atoms with Crippen molar-refractivity contribution in [2.24, 2.45) is 11.7 Å². The Morgan fingerprint density at radius 3 is 2.95 bits per heavy atom. The van der Waals surface area contributed by atoms with Crippen LogP contribution in [0.2, 0.25) is 0 Å². The van der Waals surface area contributed by atoms with Crippen LogP contribution in [-0.4, -0.2) is 26.8 Å². The molecule has 4 heteroatoms. The van der Waals surface area contributed by atoms with Crippen LogP contribution >= 0.6 is 0 Å². The Balaban J connectivity index is 2.12. The molecule has 0 spiro atoms. The van der Waals surface area contributed by atoms with E-state index in [0.717, 1.165) is 38.1 Å². The van der Waals surface area contributed by atoms with Gasteiger partial charge in [-0.15, -0.1) is 0 Å². The number of hydrogen-bond acceptors (Lipinski definition) is 3. The molecule has 0 aromatic heterocycles. The zero-order valence-corrected chi connectivity index (χ0v) is 11.7. The topological polar surface area (TPSA) is 38.5 Å². The summed E-state index contributed by atoms with van der Waals surface area (Å²) in [6.45, 7) is 4.39. The highest BCUT2D eigenvalue weighted by molar-refractivity contribution is 5.50. The first-order chi connectivity index (χ1) is 9.11. The van der Waals surface area contributed by atoms with E-state index in [0.29, 0.717) is 11.6 Å². The van der Waals surface area contributed by atoms with Gasteiger partial charge in [-0.1, -0.05) is 6.07 Å². The molecule has 1 aliphatic heterocycles. The summed E-state index contributed by atoms with van der Waals surface area (Å²) in [6, 6.07) is 5.19. The lowest BCUT2D eigenvalue weighted by molar-refractivity contribution is 0.143. The van der Waals surface area contributed by atoms with Gasteiger partial charge < -0.3 is 15.4 Å². The predicted molar refractivity (Wildman–Crippen MR) is 75.8 cm³/mol. The fraction of sp³-hybridized carbons (Fsp3) is 0.600. The van der Waals surface area contributed by atoms with Gasteiger partial charge in [0, 0.05) is 26.2 Å². The van der Waals surface area contributed by atoms with Crippen molar-refractivity contribution in [3.8, 4) is 0 Å². The molecule has 1 saturated heterocycles. The molecule has 0 saturated carbocycles. The maximum Gasteiger partial charge on any atom is 0.146 e. The van der Waals surface area contributed by atoms with Crippen LogP contribution < -0.4 is 10.6 Å². The molecule has 1 aliphatic rings. The second kappa shape index (κ2) is 6.35. The monoisotopic (exact) mass is 266 g/mol. The van der Waals surface area contributed by atoms with E-state index in [1.54, 1.807) is 13.2 Å². The van der Waals surface area contributed by atoms with Crippen molar-refractivity contribution in [3.63, 3.8) is 0 Å². The molecule has 0 amide bonds. The van der Waals surface area contributed by atoms with Crippen molar-refractivity contribution < 1.29 is 9.13 Å². The fourth-order valence-electron chi connectivity index (χ4n) is 2.72. The van der Waals surface area contributed by atoms with Gasteiger partial charge in [0.05, 0.1) is 12.3 Å². The fourth-order valence-corrected chi connectivity index (χ4v) is 2.72. The second-order valence-electron chi connectivity index (χ2n) is 5.41. The van der Waals surface area contributed by atoms with Crippen LogP contribution in [0, 0.1) is 11.7 Å². The number of methoxy groups -OCH3 is 1. The number of benzene rings is 1. The molecule has 1 aromatic carbocycles. The predicted octanol–water partition coefficient (Wildman–Crippen LogP) is 2.71. The molecule has 2 atom stereocenters. The molecule has 0 aliphatic carbocycles. The number of hydrogen-bond donors (Lipinski definition) is 1. The first-order valence-electron chi connectivity index (χ1n) is 6.90. The summed E-state index contributed by atoms with van der Waals surface area (Å²) >= 11 is 0. The maximum absolute atomic E-state index is 14.2. The highest BCUT2D eigenvalue weighted by Crippen LogP contribution is 2.27. The van der Waals surface area contributed by atoms with Crippen LogP contribution in [0.25, 0.3) is 0 Å². The third-order valence-electron chi connectivity index (χ3n) is 3.76. The maximum atomic E-state index is 14.2. The Bertz CT molecular complexity index is 421. The van der Waals surface area contributed by atoms with Crippen molar-refractivity contribution in [2.75, 3.05) is 31.7 Å². The van der Waals surface area contributed by atoms with E-state index in [1.165, 1.54) is 0 Å². The Morgan fingerprint density at radius 1 is 1.53 bits per heavy atom. The number of ether oxygens (including phenoxy) is 1. The number of rotatable bonds is 4. The van der Waals surface area contributed by atoms with Gasteiger partial charge in [0.25, 0.3) is 0 Å². The summed E-state index contributed by atoms with van der Waals surface area (Å²) in [6.07, 6.45) is 2.24. The molecule has 0 bridgehead atoms. The number of nitrogens with zero attached hydrogens (tertiary/aromatic N) is 1. The summed E-state index contributed by atoms with van der Waals surface area (Å²) in [4.78, 5) is 2.12. The van der Waals surface area contributed by atoms with E-state index in [4.69, 9.17) is 10.5 Å². The average molecular weight is 266 g/mol. The lowest BCUT2D eigenvalue weighted by Gasteiger charge is -2.34. The number of nitrogens with two attached hydrogens (primary N) is 1. The van der Waals surface area contributed by atoms with Crippen molar-refractivity contribution in [1.82, 2.24) is 0 Å². The standard InChI is InChI=1S/C15H23FN2O/c1-11(17)13-5-6-15(14(16)8-13)18-7-3-4-12(9-18)10-19-2/h5-6,8,11-12H,3-4,7,9-10,17H2,1-2H3/t11-,12?/m0/s1. The summed E-state index contributed by atoms with van der Waals surface area (Å²) < 4.78 is 19.4. The summed E-state index contributed by atoms with van der Waals surface area (Å²) in [5.74, 6) is 0.319. The quantitative estimate of drug-likeness (QED) is 0.910. The minimum absolute atomic E-state index is 0.133. The number of anilines is 1. The summed E-state index contributed by atoms with van der Waals surface area (Å²) in [5, 5.41) is 0. The molecule has 2 rings (SSSR count). The first-order valence-corrected chi connectivity index (χ1v) is 6.90. The Labute approximate surface area is 114 Å². The van der Waals surface area contributed by atoms with Crippen LogP contribution in [0.5, 0.6) is 0 Å². The molecule has 2 N–H and O–H groups in total. The van der Waals surface area contributed by atoms with Gasteiger partial charge >= 0.3 is 0 Å². The lowest BCUT2D eigenvalue weighted by Crippen LogP contribution is -2.37. The third kappa shape index (κ3) is 3.45. The molecule has 3 nitrogen and oxygen atoms in total.